The van der Waals surface area contributed by atoms with Gasteiger partial charge in [0.05, 0.1) is 17.6 Å². The van der Waals surface area contributed by atoms with Crippen LogP contribution >= 0.6 is 0 Å². The quantitative estimate of drug-likeness (QED) is 0.487. The summed E-state index contributed by atoms with van der Waals surface area (Å²) in [6.45, 7) is 1.82. The van der Waals surface area contributed by atoms with Gasteiger partial charge in [-0.05, 0) is 36.2 Å². The maximum Gasteiger partial charge on any atom is 0.338 e. The van der Waals surface area contributed by atoms with E-state index in [1.54, 1.807) is 24.4 Å². The predicted octanol–water partition coefficient (Wildman–Crippen LogP) is 2.75. The van der Waals surface area contributed by atoms with E-state index in [1.807, 2.05) is 6.92 Å². The third kappa shape index (κ3) is 2.80. The molecule has 0 fully saturated rings. The van der Waals surface area contributed by atoms with Crippen molar-refractivity contribution in [1.29, 1.82) is 0 Å². The number of non-ortho nitro benzene ring substituents is 1. The minimum atomic E-state index is -0.610. The first-order valence-electron chi connectivity index (χ1n) is 5.82. The zero-order chi connectivity index (χ0) is 14.7. The molecule has 1 aromatic carbocycles. The Labute approximate surface area is 115 Å². The minimum Gasteiger partial charge on any atom is -0.465 e. The number of aromatic nitrogens is 1. The number of benzene rings is 1. The van der Waals surface area contributed by atoms with Crippen LogP contribution in [-0.4, -0.2) is 23.0 Å². The first kappa shape index (κ1) is 13.7. The summed E-state index contributed by atoms with van der Waals surface area (Å²) < 4.78 is 4.61. The van der Waals surface area contributed by atoms with Gasteiger partial charge in [-0.25, -0.2) is 4.79 Å². The monoisotopic (exact) mass is 272 g/mol. The van der Waals surface area contributed by atoms with E-state index in [9.17, 15) is 14.9 Å². The molecule has 2 rings (SSSR count). The largest absolute Gasteiger partial charge is 0.465 e. The topological polar surface area (TPSA) is 82.3 Å². The average molecular weight is 272 g/mol. The van der Waals surface area contributed by atoms with Gasteiger partial charge in [0.15, 0.2) is 0 Å². The van der Waals surface area contributed by atoms with Crippen LogP contribution in [0.4, 0.5) is 5.69 Å². The van der Waals surface area contributed by atoms with E-state index >= 15 is 0 Å². The van der Waals surface area contributed by atoms with Gasteiger partial charge < -0.3 is 4.74 Å². The second kappa shape index (κ2) is 5.48. The first-order valence-corrected chi connectivity index (χ1v) is 5.82. The predicted molar refractivity (Wildman–Crippen MR) is 72.4 cm³/mol. The fourth-order valence-corrected chi connectivity index (χ4v) is 1.84. The molecule has 6 nitrogen and oxygen atoms in total. The standard InChI is InChI=1S/C14H12N2O4/c1-9-5-10(3-4-15-9)11-6-12(14(17)20-2)8-13(7-11)16(18)19/h3-8H,1-2H3. The lowest BCUT2D eigenvalue weighted by Gasteiger charge is -2.05. The second-order valence-corrected chi connectivity index (χ2v) is 4.20. The highest BCUT2D eigenvalue weighted by atomic mass is 16.6. The Morgan fingerprint density at radius 2 is 2.00 bits per heavy atom. The number of carbonyl (C=O) groups is 1. The Morgan fingerprint density at radius 1 is 1.25 bits per heavy atom. The number of methoxy groups -OCH3 is 1. The van der Waals surface area contributed by atoms with Crippen LogP contribution in [0.1, 0.15) is 16.1 Å². The van der Waals surface area contributed by atoms with E-state index < -0.39 is 10.9 Å². The molecule has 0 aliphatic carbocycles. The van der Waals surface area contributed by atoms with E-state index in [0.29, 0.717) is 5.56 Å². The highest BCUT2D eigenvalue weighted by molar-refractivity contribution is 5.92. The lowest BCUT2D eigenvalue weighted by Crippen LogP contribution is -2.02. The number of nitrogens with zero attached hydrogens (tertiary/aromatic N) is 2. The van der Waals surface area contributed by atoms with Crippen LogP contribution in [-0.2, 0) is 4.74 Å². The first-order chi connectivity index (χ1) is 9.51. The number of hydrogen-bond acceptors (Lipinski definition) is 5. The fraction of sp³-hybridized carbons (Fsp3) is 0.143. The van der Waals surface area contributed by atoms with Gasteiger partial charge >= 0.3 is 5.97 Å². The Kier molecular flexibility index (Phi) is 3.74. The number of rotatable bonds is 3. The molecule has 1 aromatic heterocycles. The van der Waals surface area contributed by atoms with E-state index in [-0.39, 0.29) is 11.3 Å². The van der Waals surface area contributed by atoms with E-state index in [0.717, 1.165) is 11.3 Å². The summed E-state index contributed by atoms with van der Waals surface area (Å²) in [7, 11) is 1.23. The Hall–Kier alpha value is -2.76. The van der Waals surface area contributed by atoms with Crippen molar-refractivity contribution < 1.29 is 14.5 Å². The lowest BCUT2D eigenvalue weighted by molar-refractivity contribution is -0.384. The number of pyridine rings is 1. The lowest BCUT2D eigenvalue weighted by atomic mass is 10.0. The molecule has 1 heterocycles. The molecular formula is C14H12N2O4. The SMILES string of the molecule is COC(=O)c1cc(-c2ccnc(C)c2)cc([N+](=O)[O-])c1. The molecule has 0 N–H and O–H groups in total. The highest BCUT2D eigenvalue weighted by Gasteiger charge is 2.15. The van der Waals surface area contributed by atoms with Gasteiger partial charge in [0, 0.05) is 24.0 Å². The average Bonchev–Trinajstić information content (AvgIpc) is 2.45. The van der Waals surface area contributed by atoms with Crippen molar-refractivity contribution in [3.05, 3.63) is 57.9 Å². The van der Waals surface area contributed by atoms with Gasteiger partial charge in [-0.15, -0.1) is 0 Å². The maximum atomic E-state index is 11.6. The normalized spacial score (nSPS) is 10.1. The molecule has 0 amide bonds. The summed E-state index contributed by atoms with van der Waals surface area (Å²) in [5.74, 6) is -0.610. The van der Waals surface area contributed by atoms with Gasteiger partial charge in [-0.3, -0.25) is 15.1 Å². The molecule has 6 heteroatoms. The number of aryl methyl sites for hydroxylation is 1. The molecule has 0 atom stereocenters. The zero-order valence-corrected chi connectivity index (χ0v) is 11.0. The van der Waals surface area contributed by atoms with Crippen LogP contribution in [0.15, 0.2) is 36.5 Å². The summed E-state index contributed by atoms with van der Waals surface area (Å²) in [6.07, 6.45) is 1.61. The molecule has 0 spiro atoms. The third-order valence-electron chi connectivity index (χ3n) is 2.78. The highest BCUT2D eigenvalue weighted by Crippen LogP contribution is 2.26. The molecule has 0 aliphatic heterocycles. The van der Waals surface area contributed by atoms with Crippen LogP contribution in [0.2, 0.25) is 0 Å². The number of nitro benzene ring substituents is 1. The molecule has 0 unspecified atom stereocenters. The molecule has 0 saturated heterocycles. The van der Waals surface area contributed by atoms with Crippen molar-refractivity contribution in [3.63, 3.8) is 0 Å². The van der Waals surface area contributed by atoms with Gasteiger partial charge in [-0.2, -0.15) is 0 Å². The van der Waals surface area contributed by atoms with Crippen molar-refractivity contribution in [3.8, 4) is 11.1 Å². The van der Waals surface area contributed by atoms with Crippen LogP contribution in [0, 0.1) is 17.0 Å². The van der Waals surface area contributed by atoms with Crippen molar-refractivity contribution in [2.24, 2.45) is 0 Å². The summed E-state index contributed by atoms with van der Waals surface area (Å²) in [6, 6.07) is 7.70. The molecule has 0 bridgehead atoms. The van der Waals surface area contributed by atoms with E-state index in [2.05, 4.69) is 9.72 Å². The van der Waals surface area contributed by atoms with E-state index in [1.165, 1.54) is 19.2 Å². The van der Waals surface area contributed by atoms with Crippen LogP contribution in [0.3, 0.4) is 0 Å². The molecule has 0 radical (unpaired) electrons. The second-order valence-electron chi connectivity index (χ2n) is 4.20. The number of hydrogen-bond donors (Lipinski definition) is 0. The molecule has 102 valence electrons. The molecule has 0 saturated carbocycles. The number of nitro groups is 1. The number of ether oxygens (including phenoxy) is 1. The Morgan fingerprint density at radius 3 is 2.60 bits per heavy atom. The van der Waals surface area contributed by atoms with Gasteiger partial charge in [0.1, 0.15) is 0 Å². The van der Waals surface area contributed by atoms with Crippen molar-refractivity contribution in [2.45, 2.75) is 6.92 Å². The van der Waals surface area contributed by atoms with Crippen molar-refractivity contribution in [2.75, 3.05) is 7.11 Å². The van der Waals surface area contributed by atoms with Crippen LogP contribution < -0.4 is 0 Å². The minimum absolute atomic E-state index is 0.145. The summed E-state index contributed by atoms with van der Waals surface area (Å²) >= 11 is 0. The molecule has 0 aliphatic rings. The maximum absolute atomic E-state index is 11.6. The van der Waals surface area contributed by atoms with Crippen LogP contribution in [0.5, 0.6) is 0 Å². The molecular weight excluding hydrogens is 260 g/mol. The third-order valence-corrected chi connectivity index (χ3v) is 2.78. The van der Waals surface area contributed by atoms with E-state index in [4.69, 9.17) is 0 Å². The summed E-state index contributed by atoms with van der Waals surface area (Å²) in [5, 5.41) is 11.0. The zero-order valence-electron chi connectivity index (χ0n) is 11.0. The fourth-order valence-electron chi connectivity index (χ4n) is 1.84. The smallest absolute Gasteiger partial charge is 0.338 e. The Bertz CT molecular complexity index is 683. The Balaban J connectivity index is 2.60. The number of carbonyl (C=O) groups excluding carboxylic acids is 1. The number of esters is 1. The van der Waals surface area contributed by atoms with Crippen molar-refractivity contribution in [1.82, 2.24) is 4.98 Å². The van der Waals surface area contributed by atoms with Crippen LogP contribution in [0.25, 0.3) is 11.1 Å². The molecule has 2 aromatic rings. The van der Waals surface area contributed by atoms with Crippen molar-refractivity contribution >= 4 is 11.7 Å². The summed E-state index contributed by atoms with van der Waals surface area (Å²) in [4.78, 5) is 26.1. The summed E-state index contributed by atoms with van der Waals surface area (Å²) in [5.41, 5.74) is 2.11. The molecule has 20 heavy (non-hydrogen) atoms. The van der Waals surface area contributed by atoms with Gasteiger partial charge in [-0.1, -0.05) is 0 Å². The van der Waals surface area contributed by atoms with Gasteiger partial charge in [0.25, 0.3) is 5.69 Å². The van der Waals surface area contributed by atoms with Gasteiger partial charge in [0.2, 0.25) is 0 Å².